The van der Waals surface area contributed by atoms with Crippen LogP contribution in [0.3, 0.4) is 0 Å². The molecule has 3 rings (SSSR count). The first-order valence-corrected chi connectivity index (χ1v) is 6.57. The molecule has 0 amide bonds. The van der Waals surface area contributed by atoms with Gasteiger partial charge in [0.15, 0.2) is 5.15 Å². The van der Waals surface area contributed by atoms with Gasteiger partial charge in [-0.05, 0) is 24.0 Å². The molecule has 2 aromatic heterocycles. The second-order valence-corrected chi connectivity index (χ2v) is 5.31. The van der Waals surface area contributed by atoms with Crippen molar-refractivity contribution in [3.63, 3.8) is 0 Å². The molecular formula is C12H8ClF3N4O2. The van der Waals surface area contributed by atoms with E-state index < -0.39 is 29.3 Å². The Balaban J connectivity index is 2.01. The van der Waals surface area contributed by atoms with E-state index in [2.05, 4.69) is 15.2 Å². The number of alkyl halides is 3. The maximum absolute atomic E-state index is 12.7. The molecule has 6 nitrogen and oxygen atoms in total. The molecule has 0 aliphatic heterocycles. The Morgan fingerprint density at radius 3 is 2.59 bits per heavy atom. The van der Waals surface area contributed by atoms with E-state index in [1.54, 1.807) is 0 Å². The third kappa shape index (κ3) is 2.63. The molecule has 116 valence electrons. The van der Waals surface area contributed by atoms with Gasteiger partial charge in [0.2, 0.25) is 0 Å². The number of aromatic amines is 2. The monoisotopic (exact) mass is 332 g/mol. The highest BCUT2D eigenvalue weighted by Crippen LogP contribution is 2.57. The maximum atomic E-state index is 12.7. The van der Waals surface area contributed by atoms with Crippen molar-refractivity contribution in [3.8, 4) is 11.3 Å². The normalized spacial score (nSPS) is 20.9. The zero-order chi connectivity index (χ0) is 16.1. The van der Waals surface area contributed by atoms with Crippen molar-refractivity contribution in [1.82, 2.24) is 20.2 Å². The van der Waals surface area contributed by atoms with E-state index in [0.717, 1.165) is 6.20 Å². The van der Waals surface area contributed by atoms with Crippen LogP contribution in [-0.2, 0) is 0 Å². The summed E-state index contributed by atoms with van der Waals surface area (Å²) in [4.78, 5) is 26.9. The van der Waals surface area contributed by atoms with Crippen molar-refractivity contribution in [3.05, 3.63) is 43.8 Å². The summed E-state index contributed by atoms with van der Waals surface area (Å²) in [5.74, 6) is -2.25. The minimum Gasteiger partial charge on any atom is -0.313 e. The molecule has 0 aromatic carbocycles. The Morgan fingerprint density at radius 2 is 2.00 bits per heavy atom. The van der Waals surface area contributed by atoms with Crippen molar-refractivity contribution in [1.29, 1.82) is 0 Å². The Hall–Kier alpha value is -2.16. The summed E-state index contributed by atoms with van der Waals surface area (Å²) in [7, 11) is 0. The fourth-order valence-electron chi connectivity index (χ4n) is 2.28. The predicted molar refractivity (Wildman–Crippen MR) is 70.6 cm³/mol. The lowest BCUT2D eigenvalue weighted by molar-refractivity contribution is -0.148. The van der Waals surface area contributed by atoms with Gasteiger partial charge >= 0.3 is 11.9 Å². The van der Waals surface area contributed by atoms with E-state index in [-0.39, 0.29) is 28.4 Å². The van der Waals surface area contributed by atoms with Crippen LogP contribution >= 0.6 is 11.6 Å². The van der Waals surface area contributed by atoms with Crippen molar-refractivity contribution in [2.45, 2.75) is 18.5 Å². The molecule has 0 bridgehead atoms. The van der Waals surface area contributed by atoms with Gasteiger partial charge in [-0.15, -0.1) is 10.2 Å². The predicted octanol–water partition coefficient (Wildman–Crippen LogP) is 1.84. The fourth-order valence-corrected chi connectivity index (χ4v) is 2.52. The molecule has 0 spiro atoms. The van der Waals surface area contributed by atoms with Gasteiger partial charge in [-0.1, -0.05) is 11.6 Å². The quantitative estimate of drug-likeness (QED) is 0.877. The zero-order valence-corrected chi connectivity index (χ0v) is 11.5. The lowest BCUT2D eigenvalue weighted by Gasteiger charge is -2.07. The summed E-state index contributed by atoms with van der Waals surface area (Å²) < 4.78 is 38.0. The fraction of sp³-hybridized carbons (Fsp3) is 0.333. The molecule has 2 atom stereocenters. The van der Waals surface area contributed by atoms with Crippen LogP contribution in [0.25, 0.3) is 11.3 Å². The second kappa shape index (κ2) is 4.94. The highest BCUT2D eigenvalue weighted by Gasteiger charge is 2.56. The number of halogens is 4. The van der Waals surface area contributed by atoms with Crippen LogP contribution in [0.4, 0.5) is 13.2 Å². The summed E-state index contributed by atoms with van der Waals surface area (Å²) in [5.41, 5.74) is -1.18. The molecule has 1 aliphatic carbocycles. The standard InChI is InChI=1S/C12H8ClF3N4O2/c13-9-5(4-1-7(4)12(14,15)16)2-8(19-20-9)6-3-17-11(22)18-10(6)21/h2-4,7H,1H2,(H2,17,18,21,22). The molecule has 0 radical (unpaired) electrons. The van der Waals surface area contributed by atoms with Crippen LogP contribution in [0.5, 0.6) is 0 Å². The lowest BCUT2D eigenvalue weighted by Crippen LogP contribution is -2.23. The summed E-state index contributed by atoms with van der Waals surface area (Å²) >= 11 is 5.81. The van der Waals surface area contributed by atoms with Crippen LogP contribution in [0.1, 0.15) is 17.9 Å². The molecule has 1 aliphatic rings. The van der Waals surface area contributed by atoms with E-state index in [4.69, 9.17) is 11.6 Å². The van der Waals surface area contributed by atoms with Gasteiger partial charge in [0.05, 0.1) is 11.5 Å². The second-order valence-electron chi connectivity index (χ2n) is 4.95. The summed E-state index contributed by atoms with van der Waals surface area (Å²) in [6, 6.07) is 1.30. The van der Waals surface area contributed by atoms with Crippen LogP contribution in [0.2, 0.25) is 5.15 Å². The van der Waals surface area contributed by atoms with Gasteiger partial charge in [0.25, 0.3) is 5.56 Å². The Kier molecular flexibility index (Phi) is 3.32. The highest BCUT2D eigenvalue weighted by molar-refractivity contribution is 6.30. The van der Waals surface area contributed by atoms with Gasteiger partial charge in [-0.25, -0.2) is 4.79 Å². The van der Waals surface area contributed by atoms with Crippen LogP contribution in [-0.4, -0.2) is 26.3 Å². The molecule has 2 unspecified atom stereocenters. The van der Waals surface area contributed by atoms with E-state index >= 15 is 0 Å². The number of H-pyrrole nitrogens is 2. The maximum Gasteiger partial charge on any atom is 0.392 e. The summed E-state index contributed by atoms with van der Waals surface area (Å²) in [5, 5.41) is 7.17. The van der Waals surface area contributed by atoms with E-state index in [9.17, 15) is 22.8 Å². The third-order valence-corrected chi connectivity index (χ3v) is 3.78. The van der Waals surface area contributed by atoms with E-state index in [1.807, 2.05) is 4.98 Å². The number of hydrogen-bond donors (Lipinski definition) is 2. The van der Waals surface area contributed by atoms with Crippen molar-refractivity contribution < 1.29 is 13.2 Å². The highest BCUT2D eigenvalue weighted by atomic mass is 35.5. The molecule has 2 heterocycles. The van der Waals surface area contributed by atoms with Gasteiger partial charge in [0, 0.05) is 6.20 Å². The first-order valence-electron chi connectivity index (χ1n) is 6.19. The first-order chi connectivity index (χ1) is 10.3. The van der Waals surface area contributed by atoms with Gasteiger partial charge < -0.3 is 4.98 Å². The molecule has 2 aromatic rings. The lowest BCUT2D eigenvalue weighted by atomic mass is 10.1. The average molecular weight is 333 g/mol. The van der Waals surface area contributed by atoms with Crippen LogP contribution in [0.15, 0.2) is 21.9 Å². The molecule has 2 N–H and O–H groups in total. The van der Waals surface area contributed by atoms with E-state index in [1.165, 1.54) is 6.07 Å². The first kappa shape index (κ1) is 14.8. The number of hydrogen-bond acceptors (Lipinski definition) is 4. The number of aromatic nitrogens is 4. The average Bonchev–Trinajstić information content (AvgIpc) is 3.20. The minimum atomic E-state index is -4.30. The van der Waals surface area contributed by atoms with E-state index in [0.29, 0.717) is 0 Å². The number of nitrogens with zero attached hydrogens (tertiary/aromatic N) is 2. The molecule has 22 heavy (non-hydrogen) atoms. The summed E-state index contributed by atoms with van der Waals surface area (Å²) in [6.45, 7) is 0. The zero-order valence-electron chi connectivity index (χ0n) is 10.7. The van der Waals surface area contributed by atoms with Gasteiger partial charge in [0.1, 0.15) is 5.69 Å². The molecule has 1 fully saturated rings. The Bertz CT molecular complexity index is 845. The topological polar surface area (TPSA) is 91.5 Å². The van der Waals surface area contributed by atoms with Crippen molar-refractivity contribution in [2.24, 2.45) is 5.92 Å². The largest absolute Gasteiger partial charge is 0.392 e. The molecule has 10 heteroatoms. The SMILES string of the molecule is O=c1[nH]cc(-c2cc(C3CC3C(F)(F)F)c(Cl)nn2)c(=O)[nH]1. The third-order valence-electron chi connectivity index (χ3n) is 3.48. The smallest absolute Gasteiger partial charge is 0.313 e. The van der Waals surface area contributed by atoms with Crippen molar-refractivity contribution >= 4 is 11.6 Å². The molecule has 0 saturated heterocycles. The van der Waals surface area contributed by atoms with Gasteiger partial charge in [-0.2, -0.15) is 13.2 Å². The number of nitrogens with one attached hydrogen (secondary N) is 2. The molecular weight excluding hydrogens is 325 g/mol. The number of rotatable bonds is 2. The Labute approximate surface area is 125 Å². The molecule has 1 saturated carbocycles. The van der Waals surface area contributed by atoms with Crippen LogP contribution < -0.4 is 11.2 Å². The Morgan fingerprint density at radius 1 is 1.27 bits per heavy atom. The van der Waals surface area contributed by atoms with Crippen LogP contribution in [0, 0.1) is 5.92 Å². The van der Waals surface area contributed by atoms with Gasteiger partial charge in [-0.3, -0.25) is 9.78 Å². The minimum absolute atomic E-state index is 0.00535. The summed E-state index contributed by atoms with van der Waals surface area (Å²) in [6.07, 6.45) is -3.25. The van der Waals surface area contributed by atoms with Crippen molar-refractivity contribution in [2.75, 3.05) is 0 Å².